The van der Waals surface area contributed by atoms with Crippen molar-refractivity contribution in [3.05, 3.63) is 72.1 Å². The highest BCUT2D eigenvalue weighted by Crippen LogP contribution is 2.30. The Kier molecular flexibility index (Phi) is 5.37. The van der Waals surface area contributed by atoms with Gasteiger partial charge >= 0.3 is 0 Å². The summed E-state index contributed by atoms with van der Waals surface area (Å²) in [4.78, 5) is 9.09. The zero-order chi connectivity index (χ0) is 16.8. The molecular formula is C22H24N2. The van der Waals surface area contributed by atoms with Gasteiger partial charge in [0.25, 0.3) is 0 Å². The molecule has 24 heavy (non-hydrogen) atoms. The van der Waals surface area contributed by atoms with Crippen molar-refractivity contribution in [1.82, 2.24) is 9.97 Å². The molecule has 0 fully saturated rings. The quantitative estimate of drug-likeness (QED) is 0.581. The van der Waals surface area contributed by atoms with Crippen molar-refractivity contribution in [2.45, 2.75) is 39.5 Å². The lowest BCUT2D eigenvalue weighted by atomic mass is 9.92. The highest BCUT2D eigenvalue weighted by Gasteiger charge is 2.12. The summed E-state index contributed by atoms with van der Waals surface area (Å²) >= 11 is 0. The Morgan fingerprint density at radius 2 is 1.33 bits per heavy atom. The minimum Gasteiger partial charge on any atom is -0.236 e. The van der Waals surface area contributed by atoms with Crippen LogP contribution >= 0.6 is 0 Å². The molecule has 2 aromatic carbocycles. The van der Waals surface area contributed by atoms with E-state index in [9.17, 15) is 0 Å². The van der Waals surface area contributed by atoms with E-state index in [1.54, 1.807) is 6.33 Å². The summed E-state index contributed by atoms with van der Waals surface area (Å²) in [6.07, 6.45) is 6.13. The molecule has 2 heteroatoms. The molecule has 3 rings (SSSR count). The van der Waals surface area contributed by atoms with Gasteiger partial charge in [0.15, 0.2) is 0 Å². The number of aromatic nitrogens is 2. The molecule has 0 amide bonds. The first-order valence-electron chi connectivity index (χ1n) is 8.82. The minimum atomic E-state index is 0.981. The molecule has 0 aliphatic rings. The molecule has 0 aliphatic heterocycles. The van der Waals surface area contributed by atoms with E-state index < -0.39 is 0 Å². The van der Waals surface area contributed by atoms with E-state index in [4.69, 9.17) is 0 Å². The molecule has 3 aromatic rings. The number of rotatable bonds is 6. The molecule has 0 saturated carbocycles. The van der Waals surface area contributed by atoms with Gasteiger partial charge in [-0.05, 0) is 30.0 Å². The van der Waals surface area contributed by atoms with Crippen LogP contribution < -0.4 is 0 Å². The van der Waals surface area contributed by atoms with Gasteiger partial charge in [-0.3, -0.25) is 0 Å². The topological polar surface area (TPSA) is 25.8 Å². The molecule has 0 aliphatic carbocycles. The minimum absolute atomic E-state index is 0.981. The van der Waals surface area contributed by atoms with Gasteiger partial charge in [0, 0.05) is 11.1 Å². The summed E-state index contributed by atoms with van der Waals surface area (Å²) in [5.74, 6) is 0. The van der Waals surface area contributed by atoms with Crippen molar-refractivity contribution in [3.63, 3.8) is 0 Å². The molecule has 0 atom stereocenters. The van der Waals surface area contributed by atoms with Crippen LogP contribution in [0.15, 0.2) is 60.9 Å². The van der Waals surface area contributed by atoms with E-state index in [1.165, 1.54) is 16.7 Å². The van der Waals surface area contributed by atoms with Crippen LogP contribution in [0.25, 0.3) is 22.5 Å². The summed E-state index contributed by atoms with van der Waals surface area (Å²) in [5.41, 5.74) is 7.24. The number of nitrogens with zero attached hydrogens (tertiary/aromatic N) is 2. The van der Waals surface area contributed by atoms with Crippen LogP contribution in [0.2, 0.25) is 0 Å². The van der Waals surface area contributed by atoms with E-state index in [0.29, 0.717) is 0 Å². The molecule has 122 valence electrons. The lowest BCUT2D eigenvalue weighted by Gasteiger charge is -2.14. The third kappa shape index (κ3) is 3.53. The van der Waals surface area contributed by atoms with Gasteiger partial charge in [-0.25, -0.2) is 9.97 Å². The van der Waals surface area contributed by atoms with Gasteiger partial charge < -0.3 is 0 Å². The van der Waals surface area contributed by atoms with Crippen LogP contribution in [0.1, 0.15) is 37.8 Å². The van der Waals surface area contributed by atoms with Crippen LogP contribution in [-0.2, 0) is 12.8 Å². The summed E-state index contributed by atoms with van der Waals surface area (Å²) in [6, 6.07) is 19.1. The van der Waals surface area contributed by atoms with Gasteiger partial charge in [-0.1, -0.05) is 75.2 Å². The Balaban J connectivity index is 2.11. The highest BCUT2D eigenvalue weighted by molar-refractivity contribution is 5.72. The van der Waals surface area contributed by atoms with Gasteiger partial charge in [-0.2, -0.15) is 0 Å². The fraction of sp³-hybridized carbons (Fsp3) is 0.273. The second kappa shape index (κ2) is 7.87. The number of hydrogen-bond acceptors (Lipinski definition) is 2. The average Bonchev–Trinajstić information content (AvgIpc) is 2.63. The fourth-order valence-electron chi connectivity index (χ4n) is 3.20. The Labute approximate surface area is 144 Å². The SMILES string of the molecule is CCCc1cccc(CCC)c1-c1cc(-c2ccccc2)ncn1. The Hall–Kier alpha value is -2.48. The van der Waals surface area contributed by atoms with Crippen molar-refractivity contribution in [2.24, 2.45) is 0 Å². The largest absolute Gasteiger partial charge is 0.236 e. The molecule has 0 N–H and O–H groups in total. The molecule has 0 unspecified atom stereocenters. The third-order valence-electron chi connectivity index (χ3n) is 4.27. The van der Waals surface area contributed by atoms with E-state index in [2.05, 4.69) is 60.2 Å². The maximum absolute atomic E-state index is 4.61. The van der Waals surface area contributed by atoms with Crippen molar-refractivity contribution >= 4 is 0 Å². The monoisotopic (exact) mass is 316 g/mol. The van der Waals surface area contributed by atoms with Crippen molar-refractivity contribution in [1.29, 1.82) is 0 Å². The van der Waals surface area contributed by atoms with Crippen LogP contribution in [0, 0.1) is 0 Å². The molecule has 0 radical (unpaired) electrons. The molecular weight excluding hydrogens is 292 g/mol. The zero-order valence-electron chi connectivity index (χ0n) is 14.5. The summed E-state index contributed by atoms with van der Waals surface area (Å²) in [7, 11) is 0. The number of hydrogen-bond donors (Lipinski definition) is 0. The second-order valence-corrected chi connectivity index (χ2v) is 6.11. The molecule has 0 bridgehead atoms. The average molecular weight is 316 g/mol. The predicted octanol–water partition coefficient (Wildman–Crippen LogP) is 5.72. The first kappa shape index (κ1) is 16.4. The predicted molar refractivity (Wildman–Crippen MR) is 101 cm³/mol. The normalized spacial score (nSPS) is 10.8. The smallest absolute Gasteiger partial charge is 0.116 e. The van der Waals surface area contributed by atoms with Gasteiger partial charge in [0.1, 0.15) is 6.33 Å². The summed E-state index contributed by atoms with van der Waals surface area (Å²) < 4.78 is 0. The maximum atomic E-state index is 4.61. The second-order valence-electron chi connectivity index (χ2n) is 6.11. The van der Waals surface area contributed by atoms with Crippen LogP contribution in [0.3, 0.4) is 0 Å². The Morgan fingerprint density at radius 1 is 0.708 bits per heavy atom. The van der Waals surface area contributed by atoms with Gasteiger partial charge in [-0.15, -0.1) is 0 Å². The van der Waals surface area contributed by atoms with E-state index in [-0.39, 0.29) is 0 Å². The molecule has 2 nitrogen and oxygen atoms in total. The Bertz CT molecular complexity index is 770. The number of benzene rings is 2. The highest BCUT2D eigenvalue weighted by atomic mass is 14.8. The van der Waals surface area contributed by atoms with Crippen LogP contribution in [-0.4, -0.2) is 9.97 Å². The van der Waals surface area contributed by atoms with Crippen LogP contribution in [0.4, 0.5) is 0 Å². The summed E-state index contributed by atoms with van der Waals surface area (Å²) in [5, 5.41) is 0. The standard InChI is InChI=1S/C22H24N2/c1-3-9-18-13-8-14-19(10-4-2)22(18)21-15-20(23-16-24-21)17-11-6-5-7-12-17/h5-8,11-16H,3-4,9-10H2,1-2H3. The van der Waals surface area contributed by atoms with E-state index >= 15 is 0 Å². The van der Waals surface area contributed by atoms with Gasteiger partial charge in [0.05, 0.1) is 11.4 Å². The van der Waals surface area contributed by atoms with Crippen molar-refractivity contribution < 1.29 is 0 Å². The maximum Gasteiger partial charge on any atom is 0.116 e. The molecule has 0 spiro atoms. The van der Waals surface area contributed by atoms with Crippen molar-refractivity contribution in [3.8, 4) is 22.5 Å². The fourth-order valence-corrected chi connectivity index (χ4v) is 3.20. The lowest BCUT2D eigenvalue weighted by Crippen LogP contribution is -1.99. The summed E-state index contributed by atoms with van der Waals surface area (Å²) in [6.45, 7) is 4.46. The van der Waals surface area contributed by atoms with Crippen molar-refractivity contribution in [2.75, 3.05) is 0 Å². The van der Waals surface area contributed by atoms with E-state index in [0.717, 1.165) is 42.6 Å². The third-order valence-corrected chi connectivity index (χ3v) is 4.27. The molecule has 1 aromatic heterocycles. The first-order chi connectivity index (χ1) is 11.8. The van der Waals surface area contributed by atoms with Gasteiger partial charge in [0.2, 0.25) is 0 Å². The number of aryl methyl sites for hydroxylation is 2. The van der Waals surface area contributed by atoms with Crippen LogP contribution in [0.5, 0.6) is 0 Å². The first-order valence-corrected chi connectivity index (χ1v) is 8.82. The zero-order valence-corrected chi connectivity index (χ0v) is 14.5. The Morgan fingerprint density at radius 3 is 1.96 bits per heavy atom. The van der Waals surface area contributed by atoms with E-state index in [1.807, 2.05) is 18.2 Å². The molecule has 1 heterocycles. The lowest BCUT2D eigenvalue weighted by molar-refractivity contribution is 0.896. The molecule has 0 saturated heterocycles.